The van der Waals surface area contributed by atoms with Gasteiger partial charge in [0.15, 0.2) is 18.9 Å². The van der Waals surface area contributed by atoms with E-state index in [1.165, 1.54) is 295 Å². The molecule has 0 spiro atoms. The largest absolute Gasteiger partial charge is 0.394 e. The maximum Gasteiger partial charge on any atom is 0.220 e. The summed E-state index contributed by atoms with van der Waals surface area (Å²) in [7, 11) is 0. The molecule has 0 radical (unpaired) electrons. The van der Waals surface area contributed by atoms with Crippen LogP contribution in [0.1, 0.15) is 373 Å². The molecule has 0 aliphatic carbocycles. The number of carbonyl (C=O) groups is 1. The highest BCUT2D eigenvalue weighted by Crippen LogP contribution is 2.34. The second-order valence-corrected chi connectivity index (χ2v) is 30.7. The molecule has 3 rings (SSSR count). The molecule has 19 nitrogen and oxygen atoms in total. The Morgan fingerprint density at radius 1 is 0.347 bits per heavy atom. The third-order valence-electron chi connectivity index (χ3n) is 21.6. The van der Waals surface area contributed by atoms with E-state index in [0.717, 1.165) is 44.9 Å². The summed E-state index contributed by atoms with van der Waals surface area (Å²) in [6, 6.07) is -0.886. The first-order valence-electron chi connectivity index (χ1n) is 42.4. The van der Waals surface area contributed by atoms with Crippen molar-refractivity contribution < 1.29 is 89.4 Å². The van der Waals surface area contributed by atoms with Gasteiger partial charge in [0, 0.05) is 6.42 Å². The van der Waals surface area contributed by atoms with Crippen molar-refractivity contribution in [3.8, 4) is 0 Å². The van der Waals surface area contributed by atoms with Crippen molar-refractivity contribution in [1.29, 1.82) is 0 Å². The molecule has 3 aliphatic rings. The van der Waals surface area contributed by atoms with Gasteiger partial charge in [-0.05, 0) is 38.5 Å². The molecule has 3 saturated heterocycles. The van der Waals surface area contributed by atoms with E-state index >= 15 is 0 Å². The van der Waals surface area contributed by atoms with Crippen LogP contribution in [-0.2, 0) is 33.2 Å². The van der Waals surface area contributed by atoms with Gasteiger partial charge >= 0.3 is 0 Å². The average molecular weight is 1450 g/mol. The van der Waals surface area contributed by atoms with Crippen LogP contribution in [0.4, 0.5) is 0 Å². The van der Waals surface area contributed by atoms with Crippen molar-refractivity contribution in [3.05, 3.63) is 12.2 Å². The minimum atomic E-state index is -1.97. The second kappa shape index (κ2) is 63.5. The first kappa shape index (κ1) is 93.7. The maximum atomic E-state index is 13.5. The zero-order valence-corrected chi connectivity index (χ0v) is 64.2. The van der Waals surface area contributed by atoms with E-state index in [2.05, 4.69) is 31.3 Å². The predicted octanol–water partition coefficient (Wildman–Crippen LogP) is 14.7. The molecule has 3 fully saturated rings. The van der Waals surface area contributed by atoms with Crippen molar-refractivity contribution >= 4 is 5.91 Å². The Bertz CT molecular complexity index is 1870. The molecule has 0 bridgehead atoms. The molecular formula is C82H157NO18. The van der Waals surface area contributed by atoms with Gasteiger partial charge < -0.3 is 89.9 Å². The molecule has 19 heteroatoms. The number of unbranched alkanes of at least 4 members (excludes halogenated alkanes) is 51. The molecule has 3 aliphatic heterocycles. The normalized spacial score (nSPS) is 26.3. The predicted molar refractivity (Wildman–Crippen MR) is 402 cm³/mol. The Labute approximate surface area is 614 Å². The summed E-state index contributed by atoms with van der Waals surface area (Å²) in [4.78, 5) is 13.5. The Morgan fingerprint density at radius 3 is 0.960 bits per heavy atom. The van der Waals surface area contributed by atoms with Crippen LogP contribution in [0.25, 0.3) is 0 Å². The maximum absolute atomic E-state index is 13.5. The second-order valence-electron chi connectivity index (χ2n) is 30.7. The number of amides is 1. The van der Waals surface area contributed by atoms with Gasteiger partial charge in [-0.15, -0.1) is 0 Å². The van der Waals surface area contributed by atoms with Gasteiger partial charge in [-0.1, -0.05) is 341 Å². The number of carbonyl (C=O) groups excluding carboxylic acids is 1. The number of aliphatic hydroxyl groups excluding tert-OH is 11. The highest BCUT2D eigenvalue weighted by Gasteiger charge is 2.54. The lowest BCUT2D eigenvalue weighted by molar-refractivity contribution is -0.379. The van der Waals surface area contributed by atoms with Crippen molar-refractivity contribution in [2.75, 3.05) is 26.4 Å². The number of nitrogens with one attached hydrogen (secondary N) is 1. The van der Waals surface area contributed by atoms with Crippen LogP contribution in [-0.4, -0.2) is 193 Å². The molecule has 0 aromatic carbocycles. The zero-order chi connectivity index (χ0) is 73.2. The van der Waals surface area contributed by atoms with Gasteiger partial charge in [0.05, 0.1) is 38.6 Å². The zero-order valence-electron chi connectivity index (χ0n) is 64.2. The van der Waals surface area contributed by atoms with Crippen molar-refractivity contribution in [2.45, 2.75) is 478 Å². The SMILES string of the molecule is CCCCCCCCCC/C=C\CCCCCCCCCCCCCCCC(=O)NC(COC1OC(CO)C(OC2OC(CO)C(OC3OC(CO)C(O)C(O)C3O)C(O)C2O)C(O)C1O)C(O)CCCCCCCCCCCCCCCCCCCCCCCCCCCCCCCCC. The first-order chi connectivity index (χ1) is 49.3. The van der Waals surface area contributed by atoms with E-state index in [1.807, 2.05) is 0 Å². The molecule has 17 unspecified atom stereocenters. The highest BCUT2D eigenvalue weighted by molar-refractivity contribution is 5.76. The van der Waals surface area contributed by atoms with Crippen LogP contribution >= 0.6 is 0 Å². The standard InChI is InChI=1S/C82H157NO18/c1-3-5-7-9-11-13-15-17-19-21-23-25-27-29-30-31-32-33-34-36-37-39-41-43-45-47-49-51-53-55-57-59-66(87)65(83-70(88)60-58-56-54-52-50-48-46-44-42-40-38-35-28-26-24-22-20-18-16-14-12-10-8-6-4-2)64-96-80-76(94)73(91)78(68(62-85)98-80)101-82-77(95)74(92)79(69(63-86)99-82)100-81-75(93)72(90)71(89)67(61-84)97-81/h22,24,65-69,71-82,84-87,89-95H,3-21,23,25-64H2,1-2H3,(H,83,88)/b24-22-. The number of allylic oxidation sites excluding steroid dienone is 2. The van der Waals surface area contributed by atoms with Gasteiger partial charge in [0.2, 0.25) is 5.91 Å². The quantitative estimate of drug-likeness (QED) is 0.0199. The first-order valence-corrected chi connectivity index (χ1v) is 42.4. The summed E-state index contributed by atoms with van der Waals surface area (Å²) in [5.74, 6) is -0.235. The van der Waals surface area contributed by atoms with Gasteiger partial charge in [-0.2, -0.15) is 0 Å². The Balaban J connectivity index is 1.35. The number of ether oxygens (including phenoxy) is 6. The van der Waals surface area contributed by atoms with E-state index in [4.69, 9.17) is 28.4 Å². The van der Waals surface area contributed by atoms with Crippen molar-refractivity contribution in [1.82, 2.24) is 5.32 Å². The van der Waals surface area contributed by atoms with Crippen molar-refractivity contribution in [2.24, 2.45) is 0 Å². The molecule has 3 heterocycles. The lowest BCUT2D eigenvalue weighted by Gasteiger charge is -2.48. The summed E-state index contributed by atoms with van der Waals surface area (Å²) in [5.41, 5.74) is 0. The third kappa shape index (κ3) is 43.3. The molecule has 0 aromatic heterocycles. The fourth-order valence-corrected chi connectivity index (χ4v) is 14.8. The Hall–Kier alpha value is -1.47. The summed E-state index contributed by atoms with van der Waals surface area (Å²) in [5, 5.41) is 121. The molecular weight excluding hydrogens is 1290 g/mol. The summed E-state index contributed by atoms with van der Waals surface area (Å²) >= 11 is 0. The summed E-state index contributed by atoms with van der Waals surface area (Å²) in [6.45, 7) is 1.87. The molecule has 17 atom stereocenters. The van der Waals surface area contributed by atoms with E-state index in [1.54, 1.807) is 0 Å². The number of hydrogen-bond acceptors (Lipinski definition) is 18. The van der Waals surface area contributed by atoms with Gasteiger partial charge in [0.1, 0.15) is 73.2 Å². The Morgan fingerprint density at radius 2 is 0.624 bits per heavy atom. The number of rotatable bonds is 69. The van der Waals surface area contributed by atoms with Crippen LogP contribution in [0, 0.1) is 0 Å². The molecule has 101 heavy (non-hydrogen) atoms. The molecule has 0 aromatic rings. The van der Waals surface area contributed by atoms with Crippen LogP contribution in [0.5, 0.6) is 0 Å². The highest BCUT2D eigenvalue weighted by atomic mass is 16.8. The van der Waals surface area contributed by atoms with E-state index < -0.39 is 124 Å². The minimum absolute atomic E-state index is 0.235. The number of hydrogen-bond donors (Lipinski definition) is 12. The van der Waals surface area contributed by atoms with Gasteiger partial charge in [-0.25, -0.2) is 0 Å². The third-order valence-corrected chi connectivity index (χ3v) is 21.6. The molecule has 12 N–H and O–H groups in total. The minimum Gasteiger partial charge on any atom is -0.394 e. The van der Waals surface area contributed by atoms with E-state index in [9.17, 15) is 61.0 Å². The van der Waals surface area contributed by atoms with Crippen molar-refractivity contribution in [3.63, 3.8) is 0 Å². The smallest absolute Gasteiger partial charge is 0.220 e. The van der Waals surface area contributed by atoms with E-state index in [-0.39, 0.29) is 18.9 Å². The fourth-order valence-electron chi connectivity index (χ4n) is 14.8. The molecule has 598 valence electrons. The van der Waals surface area contributed by atoms with Gasteiger partial charge in [0.25, 0.3) is 0 Å². The fraction of sp³-hybridized carbons (Fsp3) is 0.963. The average Bonchev–Trinajstić information content (AvgIpc) is 0.782. The topological polar surface area (TPSA) is 307 Å². The van der Waals surface area contributed by atoms with Crippen LogP contribution in [0.3, 0.4) is 0 Å². The number of aliphatic hydroxyl groups is 11. The monoisotopic (exact) mass is 1440 g/mol. The van der Waals surface area contributed by atoms with E-state index in [0.29, 0.717) is 12.8 Å². The van der Waals surface area contributed by atoms with Crippen LogP contribution in [0.15, 0.2) is 12.2 Å². The molecule has 0 saturated carbocycles. The summed E-state index contributed by atoms with van der Waals surface area (Å²) in [6.07, 6.45) is 48.8. The van der Waals surface area contributed by atoms with Crippen LogP contribution < -0.4 is 5.32 Å². The lowest BCUT2D eigenvalue weighted by atomic mass is 9.96. The summed E-state index contributed by atoms with van der Waals surface area (Å²) < 4.78 is 34.6. The van der Waals surface area contributed by atoms with Crippen LogP contribution in [0.2, 0.25) is 0 Å². The van der Waals surface area contributed by atoms with Gasteiger partial charge in [-0.3, -0.25) is 4.79 Å². The lowest BCUT2D eigenvalue weighted by Crippen LogP contribution is -2.66. The Kier molecular flexibility index (Phi) is 58.9. The molecule has 1 amide bonds.